The quantitative estimate of drug-likeness (QED) is 0.359. The fourth-order valence-corrected chi connectivity index (χ4v) is 4.69. The van der Waals surface area contributed by atoms with Gasteiger partial charge in [0.15, 0.2) is 6.19 Å². The monoisotopic (exact) mass is 278 g/mol. The molecule has 2 saturated heterocycles. The smallest absolute Gasteiger partial charge is 0.181 e. The van der Waals surface area contributed by atoms with Crippen molar-refractivity contribution in [2.45, 2.75) is 15.6 Å². The summed E-state index contributed by atoms with van der Waals surface area (Å²) in [4.78, 5) is 4.14. The molecule has 3 unspecified atom stereocenters. The van der Waals surface area contributed by atoms with Crippen LogP contribution in [0.5, 0.6) is 0 Å². The van der Waals surface area contributed by atoms with E-state index in [2.05, 4.69) is 16.4 Å². The van der Waals surface area contributed by atoms with Crippen LogP contribution in [-0.2, 0) is 0 Å². The van der Waals surface area contributed by atoms with Gasteiger partial charge in [0, 0.05) is 37.7 Å². The molecule has 4 nitrogen and oxygen atoms in total. The normalized spacial score (nSPS) is 35.2. The first-order chi connectivity index (χ1) is 7.70. The zero-order valence-electron chi connectivity index (χ0n) is 9.10. The van der Waals surface area contributed by atoms with Crippen molar-refractivity contribution in [2.24, 2.45) is 0 Å². The average molecular weight is 279 g/mol. The van der Waals surface area contributed by atoms with Gasteiger partial charge in [-0.3, -0.25) is 15.1 Å². The van der Waals surface area contributed by atoms with Crippen molar-refractivity contribution in [3.8, 4) is 6.19 Å². The summed E-state index contributed by atoms with van der Waals surface area (Å²) in [5.74, 6) is 1.10. The molecule has 16 heavy (non-hydrogen) atoms. The summed E-state index contributed by atoms with van der Waals surface area (Å²) in [6, 6.07) is 0. The molecule has 0 radical (unpaired) electrons. The molecule has 0 spiro atoms. The van der Waals surface area contributed by atoms with Gasteiger partial charge in [0.1, 0.15) is 10.3 Å². The van der Waals surface area contributed by atoms with Crippen LogP contribution in [0.25, 0.3) is 0 Å². The molecule has 0 bridgehead atoms. The van der Waals surface area contributed by atoms with Gasteiger partial charge in [-0.15, -0.1) is 23.5 Å². The number of thioether (sulfide) groups is 2. The highest BCUT2D eigenvalue weighted by Crippen LogP contribution is 2.30. The van der Waals surface area contributed by atoms with Crippen molar-refractivity contribution in [1.29, 1.82) is 5.26 Å². The number of hydrogen-bond donors (Lipinski definition) is 1. The molecule has 2 aliphatic heterocycles. The van der Waals surface area contributed by atoms with E-state index < -0.39 is 0 Å². The van der Waals surface area contributed by atoms with Crippen molar-refractivity contribution in [3.63, 3.8) is 0 Å². The van der Waals surface area contributed by atoms with Gasteiger partial charge in [-0.25, -0.2) is 0 Å². The number of nitrogens with zero attached hydrogens (tertiary/aromatic N) is 3. The molecule has 0 aromatic carbocycles. The first kappa shape index (κ1) is 12.7. The number of alkyl halides is 1. The van der Waals surface area contributed by atoms with Crippen molar-refractivity contribution in [1.82, 2.24) is 15.1 Å². The highest BCUT2D eigenvalue weighted by molar-refractivity contribution is 8.02. The Labute approximate surface area is 110 Å². The topological polar surface area (TPSA) is 42.3 Å². The first-order valence-electron chi connectivity index (χ1n) is 5.22. The zero-order valence-corrected chi connectivity index (χ0v) is 11.5. The van der Waals surface area contributed by atoms with Crippen LogP contribution in [0.2, 0.25) is 0 Å². The number of hydrogen-bond acceptors (Lipinski definition) is 6. The fourth-order valence-electron chi connectivity index (χ4n) is 1.94. The third kappa shape index (κ3) is 2.90. The Kier molecular flexibility index (Phi) is 4.50. The zero-order chi connectivity index (χ0) is 11.5. The lowest BCUT2D eigenvalue weighted by atomic mass is 10.3. The van der Waals surface area contributed by atoms with Gasteiger partial charge in [-0.05, 0) is 0 Å². The van der Waals surface area contributed by atoms with Crippen molar-refractivity contribution < 1.29 is 0 Å². The Hall–Kier alpha value is 0.200. The molecule has 0 saturated carbocycles. The Balaban J connectivity index is 1.86. The predicted molar refractivity (Wildman–Crippen MR) is 70.2 cm³/mol. The van der Waals surface area contributed by atoms with Crippen LogP contribution >= 0.6 is 35.1 Å². The minimum absolute atomic E-state index is 0.0485. The summed E-state index contributed by atoms with van der Waals surface area (Å²) < 4.78 is 0. The summed E-state index contributed by atoms with van der Waals surface area (Å²) >= 11 is 9.59. The molecule has 0 amide bonds. The summed E-state index contributed by atoms with van der Waals surface area (Å²) in [6.07, 6.45) is 2.19. The van der Waals surface area contributed by atoms with Crippen LogP contribution < -0.4 is 5.32 Å². The molecule has 3 atom stereocenters. The highest BCUT2D eigenvalue weighted by atomic mass is 35.5. The lowest BCUT2D eigenvalue weighted by molar-refractivity contribution is 0.191. The maximum Gasteiger partial charge on any atom is 0.181 e. The minimum atomic E-state index is 0.0485. The number of nitriles is 1. The summed E-state index contributed by atoms with van der Waals surface area (Å²) in [5, 5.41) is 12.7. The van der Waals surface area contributed by atoms with Gasteiger partial charge in [-0.2, -0.15) is 5.26 Å². The Morgan fingerprint density at radius 2 is 2.50 bits per heavy atom. The van der Waals surface area contributed by atoms with Gasteiger partial charge in [-0.1, -0.05) is 11.6 Å². The second kappa shape index (κ2) is 5.69. The lowest BCUT2D eigenvalue weighted by Gasteiger charge is -2.29. The molecule has 1 N–H and O–H groups in total. The fraction of sp³-hybridized carbons (Fsp3) is 0.889. The predicted octanol–water partition coefficient (Wildman–Crippen LogP) is 0.959. The van der Waals surface area contributed by atoms with Gasteiger partial charge in [0.25, 0.3) is 0 Å². The molecule has 2 fully saturated rings. The van der Waals surface area contributed by atoms with Gasteiger partial charge >= 0.3 is 0 Å². The van der Waals surface area contributed by atoms with E-state index in [1.54, 1.807) is 16.7 Å². The molecular formula is C9H15ClN4S2. The van der Waals surface area contributed by atoms with Crippen LogP contribution in [0.15, 0.2) is 0 Å². The lowest BCUT2D eigenvalue weighted by Crippen LogP contribution is -2.42. The molecule has 2 aliphatic rings. The largest absolute Gasteiger partial charge is 0.292 e. The van der Waals surface area contributed by atoms with E-state index >= 15 is 0 Å². The van der Waals surface area contributed by atoms with E-state index in [0.29, 0.717) is 5.25 Å². The Morgan fingerprint density at radius 1 is 1.69 bits per heavy atom. The second-order valence-electron chi connectivity index (χ2n) is 3.89. The van der Waals surface area contributed by atoms with E-state index in [1.807, 2.05) is 18.8 Å². The minimum Gasteiger partial charge on any atom is -0.292 e. The van der Waals surface area contributed by atoms with Crippen LogP contribution in [0, 0.1) is 11.5 Å². The van der Waals surface area contributed by atoms with Crippen LogP contribution in [0.3, 0.4) is 0 Å². The Morgan fingerprint density at radius 3 is 3.12 bits per heavy atom. The summed E-state index contributed by atoms with van der Waals surface area (Å²) in [5.41, 5.74) is 0.208. The molecule has 2 heterocycles. The van der Waals surface area contributed by atoms with Crippen molar-refractivity contribution >= 4 is 35.1 Å². The molecule has 2 rings (SSSR count). The average Bonchev–Trinajstić information content (AvgIpc) is 2.87. The number of halogens is 1. The second-order valence-corrected chi connectivity index (χ2v) is 7.15. The van der Waals surface area contributed by atoms with Crippen LogP contribution in [-0.4, -0.2) is 57.8 Å². The third-order valence-electron chi connectivity index (χ3n) is 2.70. The molecule has 7 heteroatoms. The third-order valence-corrected chi connectivity index (χ3v) is 5.60. The van der Waals surface area contributed by atoms with E-state index in [1.165, 1.54) is 0 Å². The summed E-state index contributed by atoms with van der Waals surface area (Å²) in [7, 11) is 1.85. The molecule has 0 aromatic heterocycles. The summed E-state index contributed by atoms with van der Waals surface area (Å²) in [6.45, 7) is 3.03. The van der Waals surface area contributed by atoms with E-state index in [0.717, 1.165) is 25.4 Å². The van der Waals surface area contributed by atoms with Gasteiger partial charge in [0.2, 0.25) is 0 Å². The van der Waals surface area contributed by atoms with Crippen molar-refractivity contribution in [2.75, 3.05) is 32.4 Å². The maximum atomic E-state index is 8.91. The number of rotatable bonds is 3. The Bertz CT molecular complexity index is 285. The van der Waals surface area contributed by atoms with Crippen LogP contribution in [0.4, 0.5) is 0 Å². The van der Waals surface area contributed by atoms with Gasteiger partial charge < -0.3 is 0 Å². The van der Waals surface area contributed by atoms with E-state index in [-0.39, 0.29) is 10.3 Å². The van der Waals surface area contributed by atoms with Crippen LogP contribution in [0.1, 0.15) is 0 Å². The molecule has 90 valence electrons. The maximum absolute atomic E-state index is 8.91. The van der Waals surface area contributed by atoms with Crippen molar-refractivity contribution in [3.05, 3.63) is 0 Å². The molecular weight excluding hydrogens is 264 g/mol. The molecule has 0 aromatic rings. The first-order valence-corrected chi connectivity index (χ1v) is 7.64. The highest BCUT2D eigenvalue weighted by Gasteiger charge is 2.32. The molecule has 0 aliphatic carbocycles. The standard InChI is InChI=1S/C9H15ClN4S2/c1-13(6-11)9-14(2-3-15-9)5-7-4-12-8(10)16-7/h7-9,12H,2-5H2,1H3. The number of nitrogens with one attached hydrogen (secondary N) is 1. The van der Waals surface area contributed by atoms with E-state index in [9.17, 15) is 0 Å². The van der Waals surface area contributed by atoms with Gasteiger partial charge in [0.05, 0.1) is 0 Å². The van der Waals surface area contributed by atoms with E-state index in [4.69, 9.17) is 16.9 Å². The SMILES string of the molecule is CN(C#N)C1SCCN1CC1CNC(Cl)S1.